The van der Waals surface area contributed by atoms with Crippen LogP contribution >= 0.6 is 0 Å². The summed E-state index contributed by atoms with van der Waals surface area (Å²) in [5.74, 6) is -2.80. The summed E-state index contributed by atoms with van der Waals surface area (Å²) in [5, 5.41) is 4.24. The minimum atomic E-state index is -0.933. The van der Waals surface area contributed by atoms with E-state index in [9.17, 15) is 18.4 Å². The Bertz CT molecular complexity index is 756. The van der Waals surface area contributed by atoms with Crippen LogP contribution in [0.5, 0.6) is 0 Å². The molecule has 24 heavy (non-hydrogen) atoms. The first kappa shape index (κ1) is 17.8. The van der Waals surface area contributed by atoms with Crippen molar-refractivity contribution in [3.8, 4) is 0 Å². The molecule has 0 unspecified atom stereocenters. The van der Waals surface area contributed by atoms with Crippen LogP contribution in [0.15, 0.2) is 24.3 Å². The molecule has 0 atom stereocenters. The number of benzene rings is 1. The van der Waals surface area contributed by atoms with Crippen LogP contribution in [-0.4, -0.2) is 28.1 Å². The van der Waals surface area contributed by atoms with Crippen LogP contribution in [-0.2, 0) is 16.1 Å². The van der Waals surface area contributed by atoms with Crippen molar-refractivity contribution in [2.45, 2.75) is 33.2 Å². The molecule has 0 bridgehead atoms. The Kier molecular flexibility index (Phi) is 5.78. The maximum absolute atomic E-state index is 13.5. The molecule has 7 heteroatoms. The molecular formula is C17H18F2N2O3. The minimum absolute atomic E-state index is 0.139. The first-order chi connectivity index (χ1) is 11.4. The van der Waals surface area contributed by atoms with Gasteiger partial charge >= 0.3 is 5.97 Å². The van der Waals surface area contributed by atoms with Crippen molar-refractivity contribution < 1.29 is 23.1 Å². The Morgan fingerprint density at radius 1 is 1.17 bits per heavy atom. The van der Waals surface area contributed by atoms with E-state index in [1.807, 2.05) is 19.9 Å². The number of nitrogens with zero attached hydrogens (tertiary/aromatic N) is 2. The zero-order chi connectivity index (χ0) is 17.7. The SMILES string of the molecule is Cc1cc(C)n(CCOC(=O)CCC(=O)c2ccc(F)cc2F)n1. The van der Waals surface area contributed by atoms with Gasteiger partial charge in [0.15, 0.2) is 5.78 Å². The largest absolute Gasteiger partial charge is 0.464 e. The number of carbonyl (C=O) groups excluding carboxylic acids is 2. The van der Waals surface area contributed by atoms with Crippen LogP contribution in [0.1, 0.15) is 34.6 Å². The monoisotopic (exact) mass is 336 g/mol. The van der Waals surface area contributed by atoms with Gasteiger partial charge in [-0.05, 0) is 32.0 Å². The quantitative estimate of drug-likeness (QED) is 0.576. The van der Waals surface area contributed by atoms with E-state index in [4.69, 9.17) is 4.74 Å². The molecule has 1 heterocycles. The number of Topliss-reactive ketones (excluding diaryl/α,β-unsaturated/α-hetero) is 1. The van der Waals surface area contributed by atoms with Gasteiger partial charge in [0, 0.05) is 18.2 Å². The molecule has 128 valence electrons. The van der Waals surface area contributed by atoms with Gasteiger partial charge in [-0.1, -0.05) is 0 Å². The van der Waals surface area contributed by atoms with E-state index in [1.54, 1.807) is 4.68 Å². The second-order valence-electron chi connectivity index (χ2n) is 5.42. The molecule has 1 aromatic carbocycles. The summed E-state index contributed by atoms with van der Waals surface area (Å²) in [7, 11) is 0. The van der Waals surface area contributed by atoms with Crippen LogP contribution < -0.4 is 0 Å². The fraction of sp³-hybridized carbons (Fsp3) is 0.353. The molecule has 0 saturated heterocycles. The number of aromatic nitrogens is 2. The summed E-state index contributed by atoms with van der Waals surface area (Å²) >= 11 is 0. The third kappa shape index (κ3) is 4.71. The van der Waals surface area contributed by atoms with E-state index in [0.29, 0.717) is 12.6 Å². The van der Waals surface area contributed by atoms with Crippen molar-refractivity contribution in [2.24, 2.45) is 0 Å². The average molecular weight is 336 g/mol. The Morgan fingerprint density at radius 2 is 1.92 bits per heavy atom. The number of hydrogen-bond donors (Lipinski definition) is 0. The maximum atomic E-state index is 13.5. The van der Waals surface area contributed by atoms with E-state index in [0.717, 1.165) is 23.5 Å². The van der Waals surface area contributed by atoms with E-state index < -0.39 is 23.4 Å². The number of esters is 1. The van der Waals surface area contributed by atoms with Crippen LogP contribution in [0.25, 0.3) is 0 Å². The number of aryl methyl sites for hydroxylation is 2. The second-order valence-corrected chi connectivity index (χ2v) is 5.42. The standard InChI is InChI=1S/C17H18F2N2O3/c1-11-9-12(2)21(20-11)7-8-24-17(23)6-5-16(22)14-4-3-13(18)10-15(14)19/h3-4,9-10H,5-8H2,1-2H3. The van der Waals surface area contributed by atoms with E-state index in [1.165, 1.54) is 0 Å². The van der Waals surface area contributed by atoms with Gasteiger partial charge in [-0.15, -0.1) is 0 Å². The van der Waals surface area contributed by atoms with Crippen LogP contribution in [0, 0.1) is 25.5 Å². The van der Waals surface area contributed by atoms with Crippen molar-refractivity contribution in [1.29, 1.82) is 0 Å². The molecule has 2 aromatic rings. The van der Waals surface area contributed by atoms with Gasteiger partial charge in [0.05, 0.1) is 24.2 Å². The zero-order valence-corrected chi connectivity index (χ0v) is 13.5. The molecule has 0 radical (unpaired) electrons. The summed E-state index contributed by atoms with van der Waals surface area (Å²) in [6.07, 6.45) is -0.353. The Balaban J connectivity index is 1.76. The number of carbonyl (C=O) groups is 2. The summed E-state index contributed by atoms with van der Waals surface area (Å²) in [6.45, 7) is 4.33. The highest BCUT2D eigenvalue weighted by molar-refractivity contribution is 5.97. The van der Waals surface area contributed by atoms with E-state index in [-0.39, 0.29) is 25.0 Å². The topological polar surface area (TPSA) is 61.2 Å². The van der Waals surface area contributed by atoms with Gasteiger partial charge in [0.25, 0.3) is 0 Å². The molecule has 1 aromatic heterocycles. The number of ether oxygens (including phenoxy) is 1. The maximum Gasteiger partial charge on any atom is 0.306 e. The lowest BCUT2D eigenvalue weighted by Gasteiger charge is -2.07. The summed E-state index contributed by atoms with van der Waals surface area (Å²) in [4.78, 5) is 23.5. The average Bonchev–Trinajstić information content (AvgIpc) is 2.83. The summed E-state index contributed by atoms with van der Waals surface area (Å²) < 4.78 is 33.0. The predicted molar refractivity (Wildman–Crippen MR) is 82.6 cm³/mol. The molecule has 0 spiro atoms. The highest BCUT2D eigenvalue weighted by atomic mass is 19.1. The molecule has 0 amide bonds. The van der Waals surface area contributed by atoms with E-state index in [2.05, 4.69) is 5.10 Å². The third-order valence-corrected chi connectivity index (χ3v) is 3.46. The van der Waals surface area contributed by atoms with Gasteiger partial charge in [-0.3, -0.25) is 14.3 Å². The molecule has 0 fully saturated rings. The molecule has 0 aliphatic rings. The van der Waals surface area contributed by atoms with Gasteiger partial charge in [-0.2, -0.15) is 5.10 Å². The van der Waals surface area contributed by atoms with Crippen LogP contribution in [0.2, 0.25) is 0 Å². The molecule has 0 saturated carbocycles. The van der Waals surface area contributed by atoms with Gasteiger partial charge in [0.2, 0.25) is 0 Å². The fourth-order valence-electron chi connectivity index (χ4n) is 2.29. The highest BCUT2D eigenvalue weighted by Crippen LogP contribution is 2.13. The number of halogens is 2. The van der Waals surface area contributed by atoms with Crippen molar-refractivity contribution in [3.05, 3.63) is 52.9 Å². The molecule has 2 rings (SSSR count). The molecule has 0 N–H and O–H groups in total. The molecule has 0 aliphatic heterocycles. The minimum Gasteiger partial charge on any atom is -0.464 e. The lowest BCUT2D eigenvalue weighted by atomic mass is 10.1. The van der Waals surface area contributed by atoms with Crippen LogP contribution in [0.3, 0.4) is 0 Å². The van der Waals surface area contributed by atoms with Crippen molar-refractivity contribution in [1.82, 2.24) is 9.78 Å². The predicted octanol–water partition coefficient (Wildman–Crippen LogP) is 2.98. The normalized spacial score (nSPS) is 10.7. The van der Waals surface area contributed by atoms with E-state index >= 15 is 0 Å². The lowest BCUT2D eigenvalue weighted by molar-refractivity contribution is -0.143. The highest BCUT2D eigenvalue weighted by Gasteiger charge is 2.15. The van der Waals surface area contributed by atoms with Crippen LogP contribution in [0.4, 0.5) is 8.78 Å². The summed E-state index contributed by atoms with van der Waals surface area (Å²) in [6, 6.07) is 4.63. The van der Waals surface area contributed by atoms with Gasteiger partial charge < -0.3 is 4.74 Å². The first-order valence-corrected chi connectivity index (χ1v) is 7.51. The molecule has 0 aliphatic carbocycles. The van der Waals surface area contributed by atoms with Crippen molar-refractivity contribution in [2.75, 3.05) is 6.61 Å². The fourth-order valence-corrected chi connectivity index (χ4v) is 2.29. The molecule has 5 nitrogen and oxygen atoms in total. The third-order valence-electron chi connectivity index (χ3n) is 3.46. The van der Waals surface area contributed by atoms with Crippen molar-refractivity contribution >= 4 is 11.8 Å². The second kappa shape index (κ2) is 7.81. The lowest BCUT2D eigenvalue weighted by Crippen LogP contribution is -2.14. The summed E-state index contributed by atoms with van der Waals surface area (Å²) in [5.41, 5.74) is 1.61. The van der Waals surface area contributed by atoms with Gasteiger partial charge in [-0.25, -0.2) is 8.78 Å². The number of rotatable bonds is 7. The molecular weight excluding hydrogens is 318 g/mol. The zero-order valence-electron chi connectivity index (χ0n) is 13.5. The Labute approximate surface area is 138 Å². The first-order valence-electron chi connectivity index (χ1n) is 7.51. The van der Waals surface area contributed by atoms with Crippen molar-refractivity contribution in [3.63, 3.8) is 0 Å². The van der Waals surface area contributed by atoms with Gasteiger partial charge in [0.1, 0.15) is 18.2 Å². The number of hydrogen-bond acceptors (Lipinski definition) is 4. The smallest absolute Gasteiger partial charge is 0.306 e. The Hall–Kier alpha value is -2.57. The Morgan fingerprint density at radius 3 is 2.54 bits per heavy atom. The number of ketones is 1.